The molecule has 0 spiro atoms. The molecule has 1 heterocycles. The normalized spacial score (nSPS) is 14.3. The van der Waals surface area contributed by atoms with Crippen molar-refractivity contribution in [1.82, 2.24) is 9.88 Å². The van der Waals surface area contributed by atoms with Crippen molar-refractivity contribution in [3.8, 4) is 0 Å². The van der Waals surface area contributed by atoms with Gasteiger partial charge in [-0.2, -0.15) is 0 Å². The van der Waals surface area contributed by atoms with Crippen molar-refractivity contribution in [2.45, 2.75) is 34.1 Å². The highest BCUT2D eigenvalue weighted by atomic mass is 19.1. The first-order chi connectivity index (χ1) is 9.47. The monoisotopic (exact) mass is 280 g/mol. The van der Waals surface area contributed by atoms with E-state index in [1.54, 1.807) is 0 Å². The molecular weight excluding hydrogens is 255 g/mol. The van der Waals surface area contributed by atoms with Crippen LogP contribution in [0.15, 0.2) is 18.3 Å². The number of ketones is 1. The molecular formula is C16H25FN2O. The highest BCUT2D eigenvalue weighted by molar-refractivity contribution is 5.95. The SMILES string of the molecule is CCC(C)CN(CC)CC(C)C(=O)c1ccc(F)cn1. The molecule has 0 aliphatic carbocycles. The van der Waals surface area contributed by atoms with Crippen molar-refractivity contribution in [2.24, 2.45) is 11.8 Å². The van der Waals surface area contributed by atoms with E-state index >= 15 is 0 Å². The number of aromatic nitrogens is 1. The molecule has 1 aromatic heterocycles. The molecule has 20 heavy (non-hydrogen) atoms. The number of pyridine rings is 1. The molecule has 0 saturated carbocycles. The largest absolute Gasteiger partial charge is 0.303 e. The lowest BCUT2D eigenvalue weighted by Crippen LogP contribution is -2.35. The van der Waals surface area contributed by atoms with E-state index in [1.807, 2.05) is 6.92 Å². The van der Waals surface area contributed by atoms with E-state index in [1.165, 1.54) is 12.1 Å². The number of Topliss-reactive ketones (excluding diaryl/α,β-unsaturated/α-hetero) is 1. The van der Waals surface area contributed by atoms with Crippen LogP contribution >= 0.6 is 0 Å². The minimum Gasteiger partial charge on any atom is -0.303 e. The van der Waals surface area contributed by atoms with Crippen molar-refractivity contribution < 1.29 is 9.18 Å². The van der Waals surface area contributed by atoms with Crippen molar-refractivity contribution in [3.63, 3.8) is 0 Å². The Balaban J connectivity index is 2.61. The fourth-order valence-corrected chi connectivity index (χ4v) is 2.15. The molecule has 4 heteroatoms. The van der Waals surface area contributed by atoms with E-state index < -0.39 is 5.82 Å². The molecule has 0 aliphatic heterocycles. The summed E-state index contributed by atoms with van der Waals surface area (Å²) < 4.78 is 12.8. The zero-order valence-corrected chi connectivity index (χ0v) is 12.9. The van der Waals surface area contributed by atoms with Crippen molar-refractivity contribution in [3.05, 3.63) is 29.8 Å². The third kappa shape index (κ3) is 5.00. The Morgan fingerprint density at radius 2 is 2.00 bits per heavy atom. The lowest BCUT2D eigenvalue weighted by atomic mass is 10.0. The second-order valence-corrected chi connectivity index (χ2v) is 5.49. The van der Waals surface area contributed by atoms with Gasteiger partial charge in [0.25, 0.3) is 0 Å². The van der Waals surface area contributed by atoms with Gasteiger partial charge in [-0.1, -0.05) is 34.1 Å². The van der Waals surface area contributed by atoms with Crippen LogP contribution in [0.25, 0.3) is 0 Å². The summed E-state index contributed by atoms with van der Waals surface area (Å²) in [6.45, 7) is 11.1. The van der Waals surface area contributed by atoms with Gasteiger partial charge >= 0.3 is 0 Å². The van der Waals surface area contributed by atoms with Crippen molar-refractivity contribution in [2.75, 3.05) is 19.6 Å². The Bertz CT molecular complexity index is 419. The molecule has 3 nitrogen and oxygen atoms in total. The summed E-state index contributed by atoms with van der Waals surface area (Å²) in [6.07, 6.45) is 2.23. The van der Waals surface area contributed by atoms with Gasteiger partial charge in [-0.05, 0) is 24.6 Å². The van der Waals surface area contributed by atoms with Gasteiger partial charge in [0.15, 0.2) is 5.78 Å². The fraction of sp³-hybridized carbons (Fsp3) is 0.625. The van der Waals surface area contributed by atoms with Crippen LogP contribution in [0.3, 0.4) is 0 Å². The predicted molar refractivity (Wildman–Crippen MR) is 79.3 cm³/mol. The van der Waals surface area contributed by atoms with Gasteiger partial charge in [0, 0.05) is 19.0 Å². The topological polar surface area (TPSA) is 33.2 Å². The number of carbonyl (C=O) groups is 1. The summed E-state index contributed by atoms with van der Waals surface area (Å²) >= 11 is 0. The summed E-state index contributed by atoms with van der Waals surface area (Å²) in [7, 11) is 0. The van der Waals surface area contributed by atoms with Gasteiger partial charge in [-0.3, -0.25) is 9.78 Å². The van der Waals surface area contributed by atoms with Gasteiger partial charge < -0.3 is 4.90 Å². The maximum atomic E-state index is 12.8. The zero-order chi connectivity index (χ0) is 15.1. The second-order valence-electron chi connectivity index (χ2n) is 5.49. The van der Waals surface area contributed by atoms with Crippen LogP contribution in [0.4, 0.5) is 4.39 Å². The van der Waals surface area contributed by atoms with E-state index in [9.17, 15) is 9.18 Å². The first kappa shape index (κ1) is 16.8. The molecule has 0 saturated heterocycles. The third-order valence-electron chi connectivity index (χ3n) is 3.67. The number of carbonyl (C=O) groups excluding carboxylic acids is 1. The summed E-state index contributed by atoms with van der Waals surface area (Å²) in [5.41, 5.74) is 0.346. The number of hydrogen-bond acceptors (Lipinski definition) is 3. The van der Waals surface area contributed by atoms with Gasteiger partial charge in [-0.25, -0.2) is 4.39 Å². The van der Waals surface area contributed by atoms with Crippen LogP contribution in [0.2, 0.25) is 0 Å². The van der Waals surface area contributed by atoms with E-state index in [2.05, 4.69) is 30.7 Å². The van der Waals surface area contributed by atoms with Crippen molar-refractivity contribution >= 4 is 5.78 Å². The molecule has 0 N–H and O–H groups in total. The summed E-state index contributed by atoms with van der Waals surface area (Å²) in [5, 5.41) is 0. The molecule has 2 unspecified atom stereocenters. The van der Waals surface area contributed by atoms with E-state index in [0.717, 1.165) is 32.3 Å². The van der Waals surface area contributed by atoms with E-state index in [4.69, 9.17) is 0 Å². The van der Waals surface area contributed by atoms with Crippen LogP contribution in [-0.2, 0) is 0 Å². The molecule has 112 valence electrons. The summed E-state index contributed by atoms with van der Waals surface area (Å²) in [4.78, 5) is 18.4. The molecule has 0 bridgehead atoms. The number of hydrogen-bond donors (Lipinski definition) is 0. The van der Waals surface area contributed by atoms with Crippen LogP contribution in [0, 0.1) is 17.7 Å². The molecule has 0 amide bonds. The van der Waals surface area contributed by atoms with E-state index in [0.29, 0.717) is 11.6 Å². The number of halogens is 1. The molecule has 0 radical (unpaired) electrons. The first-order valence-electron chi connectivity index (χ1n) is 7.36. The average molecular weight is 280 g/mol. The number of nitrogens with zero attached hydrogens (tertiary/aromatic N) is 2. The highest BCUT2D eigenvalue weighted by Gasteiger charge is 2.19. The van der Waals surface area contributed by atoms with Gasteiger partial charge in [0.1, 0.15) is 11.5 Å². The molecule has 0 aromatic carbocycles. The highest BCUT2D eigenvalue weighted by Crippen LogP contribution is 2.11. The third-order valence-corrected chi connectivity index (χ3v) is 3.67. The smallest absolute Gasteiger partial charge is 0.185 e. The summed E-state index contributed by atoms with van der Waals surface area (Å²) in [5.74, 6) is 0.0620. The van der Waals surface area contributed by atoms with Crippen LogP contribution in [0.1, 0.15) is 44.6 Å². The second kappa shape index (κ2) is 8.10. The first-order valence-corrected chi connectivity index (χ1v) is 7.36. The predicted octanol–water partition coefficient (Wildman–Crippen LogP) is 3.41. The molecule has 0 fully saturated rings. The van der Waals surface area contributed by atoms with Crippen LogP contribution in [0.5, 0.6) is 0 Å². The lowest BCUT2D eigenvalue weighted by molar-refractivity contribution is 0.0883. The molecule has 1 rings (SSSR count). The molecule has 1 aromatic rings. The molecule has 2 atom stereocenters. The van der Waals surface area contributed by atoms with Gasteiger partial charge in [0.05, 0.1) is 6.20 Å². The maximum absolute atomic E-state index is 12.8. The maximum Gasteiger partial charge on any atom is 0.185 e. The van der Waals surface area contributed by atoms with E-state index in [-0.39, 0.29) is 11.7 Å². The lowest BCUT2D eigenvalue weighted by Gasteiger charge is -2.26. The standard InChI is InChI=1S/C16H25FN2O/c1-5-12(3)10-19(6-2)11-13(4)16(20)15-8-7-14(17)9-18-15/h7-9,12-13H,5-6,10-11H2,1-4H3. The Labute approximate surface area is 121 Å². The minimum atomic E-state index is -0.416. The van der Waals surface area contributed by atoms with Crippen molar-refractivity contribution in [1.29, 1.82) is 0 Å². The van der Waals surface area contributed by atoms with Crippen LogP contribution < -0.4 is 0 Å². The quantitative estimate of drug-likeness (QED) is 0.684. The Morgan fingerprint density at radius 1 is 1.30 bits per heavy atom. The fourth-order valence-electron chi connectivity index (χ4n) is 2.15. The Kier molecular flexibility index (Phi) is 6.79. The Hall–Kier alpha value is -1.29. The number of rotatable bonds is 8. The minimum absolute atomic E-state index is 0.0207. The van der Waals surface area contributed by atoms with Crippen LogP contribution in [-0.4, -0.2) is 35.3 Å². The average Bonchev–Trinajstić information content (AvgIpc) is 2.46. The molecule has 0 aliphatic rings. The Morgan fingerprint density at radius 3 is 2.50 bits per heavy atom. The zero-order valence-electron chi connectivity index (χ0n) is 12.9. The van der Waals surface area contributed by atoms with Gasteiger partial charge in [-0.15, -0.1) is 0 Å². The van der Waals surface area contributed by atoms with Gasteiger partial charge in [0.2, 0.25) is 0 Å². The summed E-state index contributed by atoms with van der Waals surface area (Å²) in [6, 6.07) is 2.74.